The SMILES string of the molecule is Nc1nc2ncc([N+](=O)[O-])cn2n1. The minimum Gasteiger partial charge on any atom is -0.366 e. The molecule has 0 aliphatic heterocycles. The summed E-state index contributed by atoms with van der Waals surface area (Å²) in [4.78, 5) is 17.2. The molecule has 66 valence electrons. The molecule has 8 heteroatoms. The zero-order valence-corrected chi connectivity index (χ0v) is 6.28. The average molecular weight is 180 g/mol. The predicted molar refractivity (Wildman–Crippen MR) is 41.8 cm³/mol. The first-order chi connectivity index (χ1) is 6.16. The molecule has 2 aromatic heterocycles. The summed E-state index contributed by atoms with van der Waals surface area (Å²) in [7, 11) is 0. The van der Waals surface area contributed by atoms with Crippen LogP contribution in [0.15, 0.2) is 12.4 Å². The summed E-state index contributed by atoms with van der Waals surface area (Å²) in [5.74, 6) is 0.274. The summed E-state index contributed by atoms with van der Waals surface area (Å²) in [5, 5.41) is 14.0. The number of nitro groups is 1. The van der Waals surface area contributed by atoms with Crippen LogP contribution in [0.5, 0.6) is 0 Å². The van der Waals surface area contributed by atoms with Crippen LogP contribution in [-0.4, -0.2) is 24.5 Å². The van der Waals surface area contributed by atoms with Crippen molar-refractivity contribution in [3.05, 3.63) is 22.5 Å². The Morgan fingerprint density at radius 2 is 2.38 bits per heavy atom. The first-order valence-corrected chi connectivity index (χ1v) is 3.29. The smallest absolute Gasteiger partial charge is 0.305 e. The summed E-state index contributed by atoms with van der Waals surface area (Å²) in [5.41, 5.74) is 5.11. The van der Waals surface area contributed by atoms with Crippen LogP contribution in [0.4, 0.5) is 11.6 Å². The van der Waals surface area contributed by atoms with Gasteiger partial charge in [0.1, 0.15) is 12.4 Å². The maximum absolute atomic E-state index is 10.3. The molecule has 0 spiro atoms. The maximum Gasteiger partial charge on any atom is 0.305 e. The van der Waals surface area contributed by atoms with E-state index in [4.69, 9.17) is 5.73 Å². The molecule has 0 aliphatic rings. The van der Waals surface area contributed by atoms with Gasteiger partial charge in [-0.3, -0.25) is 10.1 Å². The lowest BCUT2D eigenvalue weighted by Crippen LogP contribution is -1.95. The Labute approximate surface area is 71.2 Å². The van der Waals surface area contributed by atoms with Crippen LogP contribution in [0, 0.1) is 10.1 Å². The Morgan fingerprint density at radius 3 is 3.08 bits per heavy atom. The molecule has 0 fully saturated rings. The topological polar surface area (TPSA) is 112 Å². The van der Waals surface area contributed by atoms with Gasteiger partial charge in [0.15, 0.2) is 0 Å². The fraction of sp³-hybridized carbons (Fsp3) is 0. The van der Waals surface area contributed by atoms with E-state index in [2.05, 4.69) is 15.1 Å². The van der Waals surface area contributed by atoms with Gasteiger partial charge in [-0.2, -0.15) is 9.50 Å². The van der Waals surface area contributed by atoms with Crippen molar-refractivity contribution in [2.24, 2.45) is 0 Å². The molecule has 0 atom stereocenters. The highest BCUT2D eigenvalue weighted by molar-refractivity contribution is 5.37. The second kappa shape index (κ2) is 2.37. The Kier molecular flexibility index (Phi) is 1.35. The molecule has 0 amide bonds. The molecule has 0 saturated carbocycles. The van der Waals surface area contributed by atoms with Crippen molar-refractivity contribution in [1.29, 1.82) is 0 Å². The van der Waals surface area contributed by atoms with Gasteiger partial charge in [0.25, 0.3) is 5.78 Å². The molecule has 2 aromatic rings. The highest BCUT2D eigenvalue weighted by Crippen LogP contribution is 2.08. The molecule has 13 heavy (non-hydrogen) atoms. The maximum atomic E-state index is 10.3. The molecule has 2 N–H and O–H groups in total. The number of fused-ring (bicyclic) bond motifs is 1. The number of hydrogen-bond donors (Lipinski definition) is 1. The Morgan fingerprint density at radius 1 is 1.62 bits per heavy atom. The van der Waals surface area contributed by atoms with Gasteiger partial charge in [-0.25, -0.2) is 4.98 Å². The second-order valence-corrected chi connectivity index (χ2v) is 2.28. The molecular weight excluding hydrogens is 176 g/mol. The lowest BCUT2D eigenvalue weighted by Gasteiger charge is -1.89. The van der Waals surface area contributed by atoms with Crippen LogP contribution in [0.1, 0.15) is 0 Å². The van der Waals surface area contributed by atoms with Gasteiger partial charge in [-0.1, -0.05) is 0 Å². The van der Waals surface area contributed by atoms with Gasteiger partial charge in [-0.05, 0) is 0 Å². The lowest BCUT2D eigenvalue weighted by atomic mass is 10.6. The third kappa shape index (κ3) is 1.13. The van der Waals surface area contributed by atoms with E-state index in [0.29, 0.717) is 0 Å². The monoisotopic (exact) mass is 180 g/mol. The van der Waals surface area contributed by atoms with E-state index in [-0.39, 0.29) is 17.4 Å². The molecule has 2 heterocycles. The summed E-state index contributed by atoms with van der Waals surface area (Å²) in [6.45, 7) is 0. The van der Waals surface area contributed by atoms with Gasteiger partial charge in [0.05, 0.1) is 4.92 Å². The number of nitrogen functional groups attached to an aromatic ring is 1. The number of anilines is 1. The van der Waals surface area contributed by atoms with E-state index < -0.39 is 4.92 Å². The number of nitrogens with zero attached hydrogens (tertiary/aromatic N) is 5. The van der Waals surface area contributed by atoms with E-state index in [0.717, 1.165) is 10.7 Å². The van der Waals surface area contributed by atoms with E-state index in [9.17, 15) is 10.1 Å². The molecule has 0 saturated heterocycles. The largest absolute Gasteiger partial charge is 0.366 e. The average Bonchev–Trinajstić information content (AvgIpc) is 2.42. The number of aromatic nitrogens is 4. The van der Waals surface area contributed by atoms with Gasteiger partial charge in [0.2, 0.25) is 5.95 Å². The van der Waals surface area contributed by atoms with Crippen LogP contribution >= 0.6 is 0 Å². The molecule has 0 bridgehead atoms. The Hall–Kier alpha value is -2.25. The molecule has 8 nitrogen and oxygen atoms in total. The number of rotatable bonds is 1. The van der Waals surface area contributed by atoms with Crippen LogP contribution < -0.4 is 5.73 Å². The van der Waals surface area contributed by atoms with E-state index in [1.807, 2.05) is 0 Å². The van der Waals surface area contributed by atoms with Crippen molar-refractivity contribution in [2.45, 2.75) is 0 Å². The highest BCUT2D eigenvalue weighted by atomic mass is 16.6. The van der Waals surface area contributed by atoms with Crippen molar-refractivity contribution < 1.29 is 4.92 Å². The van der Waals surface area contributed by atoms with E-state index in [1.165, 1.54) is 6.20 Å². The number of nitrogens with two attached hydrogens (primary N) is 1. The minimum absolute atomic E-state index is 0.0352. The summed E-state index contributed by atoms with van der Waals surface area (Å²) in [6, 6.07) is 0. The highest BCUT2D eigenvalue weighted by Gasteiger charge is 2.09. The molecule has 0 unspecified atom stereocenters. The van der Waals surface area contributed by atoms with E-state index in [1.54, 1.807) is 0 Å². The number of hydrogen-bond acceptors (Lipinski definition) is 6. The van der Waals surface area contributed by atoms with Gasteiger partial charge >= 0.3 is 5.69 Å². The molecule has 0 radical (unpaired) electrons. The standard InChI is InChI=1S/C5H4N6O2/c6-4-8-5-7-1-3(11(12)13)2-10(5)9-4/h1-2H,(H2,6,9). The summed E-state index contributed by atoms with van der Waals surface area (Å²) >= 11 is 0. The van der Waals surface area contributed by atoms with Gasteiger partial charge in [0, 0.05) is 0 Å². The zero-order valence-electron chi connectivity index (χ0n) is 6.28. The molecule has 0 aromatic carbocycles. The van der Waals surface area contributed by atoms with Gasteiger partial charge in [-0.15, -0.1) is 5.10 Å². The quantitative estimate of drug-likeness (QED) is 0.472. The van der Waals surface area contributed by atoms with Crippen LogP contribution in [0.3, 0.4) is 0 Å². The summed E-state index contributed by atoms with van der Waals surface area (Å²) in [6.07, 6.45) is 2.30. The predicted octanol–water partition coefficient (Wildman–Crippen LogP) is -0.385. The van der Waals surface area contributed by atoms with Crippen LogP contribution in [0.2, 0.25) is 0 Å². The third-order valence-electron chi connectivity index (χ3n) is 1.41. The first-order valence-electron chi connectivity index (χ1n) is 3.29. The third-order valence-corrected chi connectivity index (χ3v) is 1.41. The minimum atomic E-state index is -0.565. The van der Waals surface area contributed by atoms with Crippen molar-refractivity contribution >= 4 is 17.4 Å². The molecule has 0 aliphatic carbocycles. The molecule has 2 rings (SSSR count). The van der Waals surface area contributed by atoms with Gasteiger partial charge < -0.3 is 5.73 Å². The fourth-order valence-corrected chi connectivity index (χ4v) is 0.883. The second-order valence-electron chi connectivity index (χ2n) is 2.28. The normalized spacial score (nSPS) is 10.5. The fourth-order valence-electron chi connectivity index (χ4n) is 0.883. The Bertz CT molecular complexity index is 477. The van der Waals surface area contributed by atoms with Crippen LogP contribution in [0.25, 0.3) is 5.78 Å². The lowest BCUT2D eigenvalue weighted by molar-refractivity contribution is -0.385. The van der Waals surface area contributed by atoms with Crippen molar-refractivity contribution in [3.63, 3.8) is 0 Å². The van der Waals surface area contributed by atoms with Crippen LogP contribution in [-0.2, 0) is 0 Å². The zero-order chi connectivity index (χ0) is 9.42. The van der Waals surface area contributed by atoms with Crippen molar-refractivity contribution in [3.8, 4) is 0 Å². The van der Waals surface area contributed by atoms with Crippen molar-refractivity contribution in [1.82, 2.24) is 19.6 Å². The molecular formula is C5H4N6O2. The van der Waals surface area contributed by atoms with E-state index >= 15 is 0 Å². The first kappa shape index (κ1) is 7.40. The summed E-state index contributed by atoms with van der Waals surface area (Å²) < 4.78 is 1.16. The Balaban J connectivity index is 2.67. The van der Waals surface area contributed by atoms with Crippen molar-refractivity contribution in [2.75, 3.05) is 5.73 Å².